The van der Waals surface area contributed by atoms with E-state index in [-0.39, 0.29) is 5.91 Å². The number of aryl methyl sites for hydroxylation is 2. The summed E-state index contributed by atoms with van der Waals surface area (Å²) in [7, 11) is 0. The first-order chi connectivity index (χ1) is 11.7. The number of nitrogens with zero attached hydrogens (tertiary/aromatic N) is 4. The Balaban J connectivity index is 1.49. The Morgan fingerprint density at radius 2 is 2.38 bits per heavy atom. The highest BCUT2D eigenvalue weighted by atomic mass is 16.5. The molecule has 1 unspecified atom stereocenters. The zero-order chi connectivity index (χ0) is 16.8. The van der Waals surface area contributed by atoms with Crippen LogP contribution in [-0.2, 0) is 24.1 Å². The Hall–Kier alpha value is -2.24. The first kappa shape index (κ1) is 16.6. The number of carbonyl (C=O) groups excluding carboxylic acids is 1. The first-order valence-corrected chi connectivity index (χ1v) is 8.72. The molecule has 0 N–H and O–H groups in total. The zero-order valence-electron chi connectivity index (χ0n) is 14.1. The quantitative estimate of drug-likeness (QED) is 0.814. The second-order valence-corrected chi connectivity index (χ2v) is 6.37. The van der Waals surface area contributed by atoms with Crippen molar-refractivity contribution in [1.82, 2.24) is 20.0 Å². The second-order valence-electron chi connectivity index (χ2n) is 6.37. The summed E-state index contributed by atoms with van der Waals surface area (Å²) in [6.07, 6.45) is 8.64. The van der Waals surface area contributed by atoms with E-state index in [1.807, 2.05) is 24.1 Å². The number of aromatic nitrogens is 3. The monoisotopic (exact) mass is 328 g/mol. The van der Waals surface area contributed by atoms with Crippen LogP contribution >= 0.6 is 0 Å². The normalized spacial score (nSPS) is 17.9. The summed E-state index contributed by atoms with van der Waals surface area (Å²) < 4.78 is 5.15. The van der Waals surface area contributed by atoms with Gasteiger partial charge in [0.05, 0.1) is 0 Å². The Kier molecular flexibility index (Phi) is 5.56. The van der Waals surface area contributed by atoms with E-state index in [4.69, 9.17) is 4.52 Å². The fourth-order valence-corrected chi connectivity index (χ4v) is 3.22. The molecule has 0 spiro atoms. The third-order valence-corrected chi connectivity index (χ3v) is 4.50. The van der Waals surface area contributed by atoms with Crippen molar-refractivity contribution in [3.63, 3.8) is 0 Å². The van der Waals surface area contributed by atoms with Crippen LogP contribution in [0.25, 0.3) is 0 Å². The zero-order valence-corrected chi connectivity index (χ0v) is 14.1. The number of rotatable bonds is 6. The van der Waals surface area contributed by atoms with E-state index in [1.54, 1.807) is 6.20 Å². The van der Waals surface area contributed by atoms with Crippen LogP contribution in [0.1, 0.15) is 43.5 Å². The lowest BCUT2D eigenvalue weighted by Gasteiger charge is -2.33. The van der Waals surface area contributed by atoms with Gasteiger partial charge in [-0.1, -0.05) is 18.1 Å². The summed E-state index contributed by atoms with van der Waals surface area (Å²) in [5.74, 6) is 1.96. The Labute approximate surface area is 142 Å². The van der Waals surface area contributed by atoms with Crippen molar-refractivity contribution >= 4 is 5.91 Å². The predicted octanol–water partition coefficient (Wildman–Crippen LogP) is 2.44. The van der Waals surface area contributed by atoms with Crippen LogP contribution in [0.4, 0.5) is 0 Å². The van der Waals surface area contributed by atoms with Crippen molar-refractivity contribution in [3.8, 4) is 0 Å². The maximum absolute atomic E-state index is 12.5. The molecular formula is C18H24N4O2. The fourth-order valence-electron chi connectivity index (χ4n) is 3.22. The standard InChI is InChI=1S/C18H24N4O2/c1-2-16-20-17(24-21-16)7-8-18(23)22-10-4-6-15(13-22)11-14-5-3-9-19-12-14/h3,5,9,12,15H,2,4,6-8,10-11,13H2,1H3. The van der Waals surface area contributed by atoms with Gasteiger partial charge in [0.15, 0.2) is 5.82 Å². The van der Waals surface area contributed by atoms with Crippen molar-refractivity contribution in [3.05, 3.63) is 41.8 Å². The van der Waals surface area contributed by atoms with Crippen LogP contribution in [0, 0.1) is 5.92 Å². The topological polar surface area (TPSA) is 72.1 Å². The molecule has 2 aromatic rings. The summed E-state index contributed by atoms with van der Waals surface area (Å²) >= 11 is 0. The molecule has 3 rings (SSSR count). The fraction of sp³-hybridized carbons (Fsp3) is 0.556. The minimum Gasteiger partial charge on any atom is -0.342 e. The number of likely N-dealkylation sites (tertiary alicyclic amines) is 1. The van der Waals surface area contributed by atoms with Crippen LogP contribution in [0.2, 0.25) is 0 Å². The molecule has 2 aromatic heterocycles. The molecule has 1 saturated heterocycles. The molecule has 1 amide bonds. The number of piperidine rings is 1. The highest BCUT2D eigenvalue weighted by Gasteiger charge is 2.24. The van der Waals surface area contributed by atoms with Gasteiger partial charge in [0.25, 0.3) is 0 Å². The number of pyridine rings is 1. The lowest BCUT2D eigenvalue weighted by molar-refractivity contribution is -0.133. The van der Waals surface area contributed by atoms with Gasteiger partial charge in [-0.05, 0) is 36.8 Å². The van der Waals surface area contributed by atoms with Crippen LogP contribution in [0.3, 0.4) is 0 Å². The van der Waals surface area contributed by atoms with Crippen molar-refractivity contribution < 1.29 is 9.32 Å². The maximum Gasteiger partial charge on any atom is 0.227 e. The van der Waals surface area contributed by atoms with Gasteiger partial charge in [-0.3, -0.25) is 9.78 Å². The number of carbonyl (C=O) groups is 1. The smallest absolute Gasteiger partial charge is 0.227 e. The Morgan fingerprint density at radius 1 is 1.46 bits per heavy atom. The minimum atomic E-state index is 0.183. The first-order valence-electron chi connectivity index (χ1n) is 8.72. The van der Waals surface area contributed by atoms with E-state index >= 15 is 0 Å². The van der Waals surface area contributed by atoms with Gasteiger partial charge in [0.1, 0.15) is 0 Å². The molecule has 0 aliphatic carbocycles. The molecule has 1 aliphatic heterocycles. The highest BCUT2D eigenvalue weighted by Crippen LogP contribution is 2.21. The van der Waals surface area contributed by atoms with Crippen LogP contribution < -0.4 is 0 Å². The SMILES string of the molecule is CCc1noc(CCC(=O)N2CCCC(Cc3cccnc3)C2)n1. The van der Waals surface area contributed by atoms with Crippen molar-refractivity contribution in [2.45, 2.75) is 45.4 Å². The van der Waals surface area contributed by atoms with E-state index in [0.717, 1.165) is 32.4 Å². The average molecular weight is 328 g/mol. The predicted molar refractivity (Wildman–Crippen MR) is 89.2 cm³/mol. The van der Waals surface area contributed by atoms with Gasteiger partial charge in [-0.25, -0.2) is 0 Å². The van der Waals surface area contributed by atoms with Crippen LogP contribution in [0.5, 0.6) is 0 Å². The summed E-state index contributed by atoms with van der Waals surface area (Å²) in [5.41, 5.74) is 1.25. The number of amides is 1. The van der Waals surface area contributed by atoms with Crippen molar-refractivity contribution in [1.29, 1.82) is 0 Å². The van der Waals surface area contributed by atoms with Gasteiger partial charge in [-0.15, -0.1) is 0 Å². The second kappa shape index (κ2) is 8.04. The Morgan fingerprint density at radius 3 is 3.12 bits per heavy atom. The molecule has 1 aliphatic rings. The van der Waals surface area contributed by atoms with E-state index < -0.39 is 0 Å². The molecular weight excluding hydrogens is 304 g/mol. The van der Waals surface area contributed by atoms with E-state index in [2.05, 4.69) is 21.2 Å². The molecule has 3 heterocycles. The summed E-state index contributed by atoms with van der Waals surface area (Å²) in [4.78, 5) is 22.9. The molecule has 6 nitrogen and oxygen atoms in total. The molecule has 1 atom stereocenters. The van der Waals surface area contributed by atoms with E-state index in [0.29, 0.717) is 30.5 Å². The van der Waals surface area contributed by atoms with Gasteiger partial charge in [0, 0.05) is 44.7 Å². The van der Waals surface area contributed by atoms with Crippen molar-refractivity contribution in [2.75, 3.05) is 13.1 Å². The van der Waals surface area contributed by atoms with Crippen molar-refractivity contribution in [2.24, 2.45) is 5.92 Å². The molecule has 128 valence electrons. The third kappa shape index (κ3) is 4.40. The average Bonchev–Trinajstić information content (AvgIpc) is 3.09. The largest absolute Gasteiger partial charge is 0.342 e. The maximum atomic E-state index is 12.5. The van der Waals surface area contributed by atoms with Gasteiger partial charge in [-0.2, -0.15) is 4.98 Å². The molecule has 6 heteroatoms. The molecule has 0 saturated carbocycles. The molecule has 0 bridgehead atoms. The Bertz CT molecular complexity index is 656. The summed E-state index contributed by atoms with van der Waals surface area (Å²) in [5, 5.41) is 3.87. The van der Waals surface area contributed by atoms with Gasteiger partial charge in [0.2, 0.25) is 11.8 Å². The minimum absolute atomic E-state index is 0.183. The number of hydrogen-bond acceptors (Lipinski definition) is 5. The van der Waals surface area contributed by atoms with Crippen LogP contribution in [-0.4, -0.2) is 39.0 Å². The van der Waals surface area contributed by atoms with Gasteiger partial charge >= 0.3 is 0 Å². The highest BCUT2D eigenvalue weighted by molar-refractivity contribution is 5.76. The van der Waals surface area contributed by atoms with Crippen LogP contribution in [0.15, 0.2) is 29.0 Å². The summed E-state index contributed by atoms with van der Waals surface area (Å²) in [6, 6.07) is 4.07. The number of hydrogen-bond donors (Lipinski definition) is 0. The van der Waals surface area contributed by atoms with E-state index in [9.17, 15) is 4.79 Å². The third-order valence-electron chi connectivity index (χ3n) is 4.50. The molecule has 24 heavy (non-hydrogen) atoms. The lowest BCUT2D eigenvalue weighted by atomic mass is 9.91. The molecule has 1 fully saturated rings. The summed E-state index contributed by atoms with van der Waals surface area (Å²) in [6.45, 7) is 3.67. The van der Waals surface area contributed by atoms with E-state index in [1.165, 1.54) is 12.0 Å². The lowest BCUT2D eigenvalue weighted by Crippen LogP contribution is -2.40. The molecule has 0 aromatic carbocycles. The molecule has 0 radical (unpaired) electrons. The van der Waals surface area contributed by atoms with Gasteiger partial charge < -0.3 is 9.42 Å².